The van der Waals surface area contributed by atoms with Gasteiger partial charge in [-0.05, 0) is 61.2 Å². The summed E-state index contributed by atoms with van der Waals surface area (Å²) in [5.41, 5.74) is 4.87. The van der Waals surface area contributed by atoms with Gasteiger partial charge >= 0.3 is 0 Å². The van der Waals surface area contributed by atoms with Crippen LogP contribution in [0.25, 0.3) is 0 Å². The van der Waals surface area contributed by atoms with Gasteiger partial charge in [0.15, 0.2) is 0 Å². The predicted molar refractivity (Wildman–Crippen MR) is 148 cm³/mol. The third-order valence-corrected chi connectivity index (χ3v) is 10.2. The Bertz CT molecular complexity index is 1350. The number of nitrogens with one attached hydrogen (secondary N) is 3. The number of carbonyl (C=O) groups excluding carboxylic acids is 1. The molecule has 3 atom stereocenters. The molecule has 0 aromatic heterocycles. The molecule has 10 nitrogen and oxygen atoms in total. The maximum absolute atomic E-state index is 13.3. The Labute approximate surface area is 235 Å². The van der Waals surface area contributed by atoms with Crippen LogP contribution in [0.4, 0.5) is 10.1 Å². The molecule has 3 N–H and O–H groups in total. The summed E-state index contributed by atoms with van der Waals surface area (Å²) in [6, 6.07) is 15.4. The van der Waals surface area contributed by atoms with Crippen LogP contribution in [0.5, 0.6) is 0 Å². The highest BCUT2D eigenvalue weighted by Crippen LogP contribution is 2.40. The van der Waals surface area contributed by atoms with E-state index in [4.69, 9.17) is 0 Å². The highest BCUT2D eigenvalue weighted by atomic mass is 32.2. The van der Waals surface area contributed by atoms with Crippen molar-refractivity contribution >= 4 is 21.6 Å². The average Bonchev–Trinajstić information content (AvgIpc) is 3.31. The topological polar surface area (TPSA) is 121 Å². The number of amides is 1. The largest absolute Gasteiger partial charge is 0.368 e. The Morgan fingerprint density at radius 1 is 1.12 bits per heavy atom. The number of hydrogen-bond donors (Lipinski definition) is 3. The first-order valence-electron chi connectivity index (χ1n) is 13.6. The van der Waals surface area contributed by atoms with E-state index < -0.39 is 21.7 Å². The smallest absolute Gasteiger partial charge is 0.242 e. The van der Waals surface area contributed by atoms with Crippen LogP contribution in [0.2, 0.25) is 0 Å². The molecule has 0 bridgehead atoms. The maximum atomic E-state index is 13.3. The first kappa shape index (κ1) is 28.4. The number of fused-ring (bicyclic) bond motifs is 1. The van der Waals surface area contributed by atoms with Crippen LogP contribution in [0.1, 0.15) is 31.2 Å². The van der Waals surface area contributed by atoms with E-state index in [1.807, 2.05) is 0 Å². The third kappa shape index (κ3) is 5.57. The lowest BCUT2D eigenvalue weighted by Gasteiger charge is -2.49. The maximum Gasteiger partial charge on any atom is 0.242 e. The normalized spacial score (nSPS) is 25.3. The van der Waals surface area contributed by atoms with Gasteiger partial charge in [0.05, 0.1) is 28.8 Å². The minimum absolute atomic E-state index is 0.0450. The van der Waals surface area contributed by atoms with Gasteiger partial charge in [-0.25, -0.2) is 27.5 Å². The van der Waals surface area contributed by atoms with Gasteiger partial charge in [0, 0.05) is 52.0 Å². The summed E-state index contributed by atoms with van der Waals surface area (Å²) in [6.07, 6.45) is 2.18. The Balaban J connectivity index is 1.33. The van der Waals surface area contributed by atoms with E-state index in [0.29, 0.717) is 25.2 Å². The van der Waals surface area contributed by atoms with E-state index >= 15 is 0 Å². The van der Waals surface area contributed by atoms with Gasteiger partial charge in [0.1, 0.15) is 12.0 Å². The van der Waals surface area contributed by atoms with Gasteiger partial charge < -0.3 is 10.6 Å². The highest BCUT2D eigenvalue weighted by molar-refractivity contribution is 7.89. The van der Waals surface area contributed by atoms with Crippen LogP contribution < -0.4 is 16.1 Å². The van der Waals surface area contributed by atoms with Crippen LogP contribution in [-0.4, -0.2) is 80.0 Å². The molecule has 3 aliphatic heterocycles. The molecule has 0 spiro atoms. The van der Waals surface area contributed by atoms with E-state index in [9.17, 15) is 22.9 Å². The van der Waals surface area contributed by atoms with Gasteiger partial charge in [-0.2, -0.15) is 5.26 Å². The molecule has 3 fully saturated rings. The van der Waals surface area contributed by atoms with Gasteiger partial charge in [-0.1, -0.05) is 12.1 Å². The molecular formula is C28H36FN7O3S. The number of benzene rings is 2. The van der Waals surface area contributed by atoms with Crippen LogP contribution in [0.3, 0.4) is 0 Å². The number of hydrogen-bond acceptors (Lipinski definition) is 8. The van der Waals surface area contributed by atoms with Crippen molar-refractivity contribution in [1.82, 2.24) is 25.0 Å². The second-order valence-corrected chi connectivity index (χ2v) is 13.2. The van der Waals surface area contributed by atoms with Gasteiger partial charge in [0.25, 0.3) is 0 Å². The van der Waals surface area contributed by atoms with Crippen molar-refractivity contribution in [3.8, 4) is 6.07 Å². The summed E-state index contributed by atoms with van der Waals surface area (Å²) in [5.74, 6) is -0.678. The molecule has 3 saturated heterocycles. The molecular weight excluding hydrogens is 533 g/mol. The molecule has 1 amide bonds. The van der Waals surface area contributed by atoms with Crippen LogP contribution >= 0.6 is 0 Å². The molecule has 12 heteroatoms. The zero-order valence-corrected chi connectivity index (χ0v) is 23.6. The summed E-state index contributed by atoms with van der Waals surface area (Å²) in [6.45, 7) is 2.84. The third-order valence-electron chi connectivity index (χ3n) is 8.41. The van der Waals surface area contributed by atoms with E-state index in [2.05, 4.69) is 32.0 Å². The van der Waals surface area contributed by atoms with Crippen molar-refractivity contribution in [3.63, 3.8) is 0 Å². The molecule has 3 aliphatic rings. The number of anilines is 1. The molecule has 2 aromatic rings. The first-order valence-corrected chi connectivity index (χ1v) is 15.0. The van der Waals surface area contributed by atoms with E-state index in [1.54, 1.807) is 36.4 Å². The minimum Gasteiger partial charge on any atom is -0.368 e. The Morgan fingerprint density at radius 2 is 1.80 bits per heavy atom. The molecule has 40 heavy (non-hydrogen) atoms. The lowest BCUT2D eigenvalue weighted by molar-refractivity contribution is -0.128. The number of piperidine rings is 2. The molecule has 5 rings (SSSR count). The Morgan fingerprint density at radius 3 is 2.42 bits per heavy atom. The minimum atomic E-state index is -3.55. The molecule has 214 valence electrons. The number of sulfonamides is 1. The van der Waals surface area contributed by atoms with Crippen molar-refractivity contribution in [3.05, 3.63) is 59.9 Å². The number of rotatable bonds is 8. The molecule has 2 aromatic carbocycles. The number of nitrogens with zero attached hydrogens (tertiary/aromatic N) is 4. The summed E-state index contributed by atoms with van der Waals surface area (Å²) >= 11 is 0. The number of carbonyl (C=O) groups is 1. The SMILES string of the molecule is CN(C)S(=O)(=O)c1ccc(NC2NN(C3(CC#N)CCN(Cc4ccc(F)cc4)CC3)C3CCNC(=O)C23)cc1. The zero-order valence-electron chi connectivity index (χ0n) is 22.8. The van der Waals surface area contributed by atoms with Crippen molar-refractivity contribution in [2.24, 2.45) is 5.92 Å². The standard InChI is InChI=1S/C28H36FN7O3S/c1-34(2)40(38,39)23-9-7-22(8-10-23)32-26-25-24(11-16-31-27(25)37)36(33-26)28(12-15-30)13-17-35(18-14-28)19-20-3-5-21(29)6-4-20/h3-10,24-26,32-33H,11-14,16-19H2,1-2H3,(H,31,37). The van der Waals surface area contributed by atoms with Crippen molar-refractivity contribution < 1.29 is 17.6 Å². The summed E-state index contributed by atoms with van der Waals surface area (Å²) in [4.78, 5) is 15.6. The highest BCUT2D eigenvalue weighted by Gasteiger charge is 2.54. The predicted octanol–water partition coefficient (Wildman–Crippen LogP) is 2.09. The number of nitriles is 1. The lowest BCUT2D eigenvalue weighted by atomic mass is 9.81. The van der Waals surface area contributed by atoms with Crippen molar-refractivity contribution in [2.75, 3.05) is 39.0 Å². The second-order valence-electron chi connectivity index (χ2n) is 11.1. The second kappa shape index (κ2) is 11.4. The summed E-state index contributed by atoms with van der Waals surface area (Å²) in [7, 11) is -0.565. The Kier molecular flexibility index (Phi) is 8.13. The van der Waals surface area contributed by atoms with Gasteiger partial charge in [-0.15, -0.1) is 0 Å². The fraction of sp³-hybridized carbons (Fsp3) is 0.500. The van der Waals surface area contributed by atoms with Gasteiger partial charge in [0.2, 0.25) is 15.9 Å². The monoisotopic (exact) mass is 569 g/mol. The molecule has 0 saturated carbocycles. The molecule has 3 unspecified atom stereocenters. The van der Waals surface area contributed by atoms with E-state index in [0.717, 1.165) is 37.9 Å². The number of hydrazine groups is 1. The zero-order chi connectivity index (χ0) is 28.5. The summed E-state index contributed by atoms with van der Waals surface area (Å²) < 4.78 is 39.4. The number of likely N-dealkylation sites (tertiary alicyclic amines) is 1. The van der Waals surface area contributed by atoms with E-state index in [1.165, 1.54) is 30.5 Å². The van der Waals surface area contributed by atoms with Crippen LogP contribution in [0, 0.1) is 23.1 Å². The van der Waals surface area contributed by atoms with Gasteiger partial charge in [-0.3, -0.25) is 9.69 Å². The van der Waals surface area contributed by atoms with Crippen LogP contribution in [-0.2, 0) is 21.4 Å². The summed E-state index contributed by atoms with van der Waals surface area (Å²) in [5, 5.41) is 18.4. The van der Waals surface area contributed by atoms with E-state index in [-0.39, 0.29) is 28.6 Å². The lowest BCUT2D eigenvalue weighted by Crippen LogP contribution is -2.62. The molecule has 0 aliphatic carbocycles. The van der Waals surface area contributed by atoms with Crippen LogP contribution in [0.15, 0.2) is 53.4 Å². The Hall–Kier alpha value is -3.08. The van der Waals surface area contributed by atoms with Crippen molar-refractivity contribution in [2.45, 2.75) is 54.9 Å². The average molecular weight is 570 g/mol. The molecule has 3 heterocycles. The van der Waals surface area contributed by atoms with Crippen molar-refractivity contribution in [1.29, 1.82) is 5.26 Å². The number of halogens is 1. The molecule has 0 radical (unpaired) electrons. The first-order chi connectivity index (χ1) is 19.1. The fourth-order valence-corrected chi connectivity index (χ4v) is 7.06. The quantitative estimate of drug-likeness (QED) is 0.442. The fourth-order valence-electron chi connectivity index (χ4n) is 6.15.